The van der Waals surface area contributed by atoms with Crippen LogP contribution in [0.5, 0.6) is 5.75 Å². The monoisotopic (exact) mass is 367 g/mol. The van der Waals surface area contributed by atoms with E-state index in [0.717, 1.165) is 34.5 Å². The molecule has 0 radical (unpaired) electrons. The van der Waals surface area contributed by atoms with Gasteiger partial charge in [-0.25, -0.2) is 0 Å². The van der Waals surface area contributed by atoms with Gasteiger partial charge in [0.2, 0.25) is 0 Å². The van der Waals surface area contributed by atoms with Gasteiger partial charge in [0.05, 0.1) is 23.4 Å². The van der Waals surface area contributed by atoms with Gasteiger partial charge >= 0.3 is 0 Å². The number of nitrogens with one attached hydrogen (secondary N) is 1. The molecule has 0 aliphatic carbocycles. The summed E-state index contributed by atoms with van der Waals surface area (Å²) in [6, 6.07) is 7.79. The van der Waals surface area contributed by atoms with E-state index in [0.29, 0.717) is 11.4 Å². The van der Waals surface area contributed by atoms with E-state index in [2.05, 4.69) is 38.5 Å². The molecule has 21 heavy (non-hydrogen) atoms. The molecule has 0 amide bonds. The van der Waals surface area contributed by atoms with Crippen molar-refractivity contribution in [3.8, 4) is 5.75 Å². The van der Waals surface area contributed by atoms with E-state index in [1.54, 1.807) is 6.20 Å². The Morgan fingerprint density at radius 3 is 3.00 bits per heavy atom. The Balaban J connectivity index is 1.89. The van der Waals surface area contributed by atoms with Crippen molar-refractivity contribution in [3.63, 3.8) is 0 Å². The van der Waals surface area contributed by atoms with E-state index in [-0.39, 0.29) is 6.04 Å². The number of aromatic nitrogens is 1. The number of ether oxygens (including phenoxy) is 1. The Kier molecular flexibility index (Phi) is 4.45. The maximum Gasteiger partial charge on any atom is 0.125 e. The lowest BCUT2D eigenvalue weighted by Crippen LogP contribution is -2.30. The third-order valence-corrected chi connectivity index (χ3v) is 4.24. The molecule has 1 aromatic carbocycles. The van der Waals surface area contributed by atoms with Crippen molar-refractivity contribution < 1.29 is 4.74 Å². The molecular formula is C15H15BrClN3O. The van der Waals surface area contributed by atoms with Crippen LogP contribution in [0.1, 0.15) is 22.9 Å². The molecule has 0 bridgehead atoms. The van der Waals surface area contributed by atoms with Crippen LogP contribution in [0.2, 0.25) is 5.02 Å². The number of rotatable bonds is 4. The van der Waals surface area contributed by atoms with Crippen molar-refractivity contribution in [2.24, 2.45) is 5.84 Å². The van der Waals surface area contributed by atoms with Gasteiger partial charge in [-0.15, -0.1) is 0 Å². The summed E-state index contributed by atoms with van der Waals surface area (Å²) in [6.45, 7) is 0.735. The van der Waals surface area contributed by atoms with Gasteiger partial charge in [0.25, 0.3) is 0 Å². The molecule has 0 saturated heterocycles. The topological polar surface area (TPSA) is 60.2 Å². The molecule has 6 heteroatoms. The van der Waals surface area contributed by atoms with Crippen molar-refractivity contribution >= 4 is 27.5 Å². The molecule has 0 fully saturated rings. The van der Waals surface area contributed by atoms with Crippen LogP contribution in [0, 0.1) is 0 Å². The second-order valence-corrected chi connectivity index (χ2v) is 6.33. The quantitative estimate of drug-likeness (QED) is 0.643. The predicted octanol–water partition coefficient (Wildman–Crippen LogP) is 3.18. The molecule has 1 atom stereocenters. The fraction of sp³-hybridized carbons (Fsp3) is 0.267. The molecule has 3 rings (SSSR count). The van der Waals surface area contributed by atoms with E-state index >= 15 is 0 Å². The van der Waals surface area contributed by atoms with Gasteiger partial charge in [-0.1, -0.05) is 27.5 Å². The molecule has 1 aliphatic rings. The highest BCUT2D eigenvalue weighted by Crippen LogP contribution is 2.35. The van der Waals surface area contributed by atoms with E-state index in [1.807, 2.05) is 12.1 Å². The minimum Gasteiger partial charge on any atom is -0.493 e. The van der Waals surface area contributed by atoms with Gasteiger partial charge in [0.15, 0.2) is 0 Å². The average Bonchev–Trinajstić information content (AvgIpc) is 2.94. The minimum absolute atomic E-state index is 0.0927. The molecule has 0 spiro atoms. The molecule has 1 unspecified atom stereocenters. The molecule has 110 valence electrons. The minimum atomic E-state index is -0.0927. The highest BCUT2D eigenvalue weighted by molar-refractivity contribution is 9.10. The molecule has 2 aromatic rings. The fourth-order valence-corrected chi connectivity index (χ4v) is 3.22. The summed E-state index contributed by atoms with van der Waals surface area (Å²) in [5.41, 5.74) is 6.03. The summed E-state index contributed by atoms with van der Waals surface area (Å²) in [5, 5.41) is 0.612. The lowest BCUT2D eigenvalue weighted by molar-refractivity contribution is 0.351. The van der Waals surface area contributed by atoms with Crippen LogP contribution in [0.25, 0.3) is 0 Å². The molecule has 1 aromatic heterocycles. The van der Waals surface area contributed by atoms with Crippen molar-refractivity contribution in [2.75, 3.05) is 6.61 Å². The van der Waals surface area contributed by atoms with Crippen LogP contribution < -0.4 is 16.0 Å². The van der Waals surface area contributed by atoms with Gasteiger partial charge in [0.1, 0.15) is 5.75 Å². The van der Waals surface area contributed by atoms with E-state index in [4.69, 9.17) is 22.2 Å². The molecular weight excluding hydrogens is 354 g/mol. The first kappa shape index (κ1) is 14.8. The smallest absolute Gasteiger partial charge is 0.125 e. The Morgan fingerprint density at radius 1 is 1.43 bits per heavy atom. The van der Waals surface area contributed by atoms with E-state index in [9.17, 15) is 0 Å². The number of halogens is 2. The molecule has 0 saturated carbocycles. The number of benzene rings is 1. The SMILES string of the molecule is NNC(Cc1cc(Br)cc2c1OCC2)c1ccc(Cl)cn1. The predicted molar refractivity (Wildman–Crippen MR) is 86.4 cm³/mol. The summed E-state index contributed by atoms with van der Waals surface area (Å²) in [5.74, 6) is 6.68. The van der Waals surface area contributed by atoms with Gasteiger partial charge in [-0.2, -0.15) is 0 Å². The molecule has 4 nitrogen and oxygen atoms in total. The normalized spacial score (nSPS) is 14.6. The van der Waals surface area contributed by atoms with Crippen LogP contribution in [0.15, 0.2) is 34.9 Å². The lowest BCUT2D eigenvalue weighted by atomic mass is 10.00. The van der Waals surface area contributed by atoms with Crippen LogP contribution in [0.3, 0.4) is 0 Å². The van der Waals surface area contributed by atoms with Crippen LogP contribution in [-0.2, 0) is 12.8 Å². The van der Waals surface area contributed by atoms with Gasteiger partial charge in [-0.05, 0) is 41.8 Å². The second-order valence-electron chi connectivity index (χ2n) is 4.98. The maximum absolute atomic E-state index is 5.88. The Bertz CT molecular complexity index is 648. The third kappa shape index (κ3) is 3.21. The summed E-state index contributed by atoms with van der Waals surface area (Å²) >= 11 is 9.43. The standard InChI is InChI=1S/C15H15BrClN3O/c16-11-5-9-3-4-21-15(9)10(6-11)7-14(20-18)13-2-1-12(17)8-19-13/h1-2,5-6,8,14,20H,3-4,7,18H2. The van der Waals surface area contributed by atoms with Crippen LogP contribution in [-0.4, -0.2) is 11.6 Å². The molecule has 3 N–H and O–H groups in total. The summed E-state index contributed by atoms with van der Waals surface area (Å²) < 4.78 is 6.81. The number of fused-ring (bicyclic) bond motifs is 1. The van der Waals surface area contributed by atoms with Crippen LogP contribution >= 0.6 is 27.5 Å². The van der Waals surface area contributed by atoms with Crippen LogP contribution in [0.4, 0.5) is 0 Å². The summed E-state index contributed by atoms with van der Waals surface area (Å²) in [7, 11) is 0. The van der Waals surface area contributed by atoms with Gasteiger partial charge in [0, 0.05) is 17.1 Å². The fourth-order valence-electron chi connectivity index (χ4n) is 2.56. The zero-order valence-corrected chi connectivity index (χ0v) is 13.6. The highest BCUT2D eigenvalue weighted by Gasteiger charge is 2.21. The Morgan fingerprint density at radius 2 is 2.29 bits per heavy atom. The van der Waals surface area contributed by atoms with Crippen molar-refractivity contribution in [1.29, 1.82) is 0 Å². The zero-order valence-electron chi connectivity index (χ0n) is 11.3. The zero-order chi connectivity index (χ0) is 14.8. The number of hydrazine groups is 1. The highest BCUT2D eigenvalue weighted by atomic mass is 79.9. The number of hydrogen-bond donors (Lipinski definition) is 2. The van der Waals surface area contributed by atoms with Crippen molar-refractivity contribution in [2.45, 2.75) is 18.9 Å². The Labute approximate surface area is 136 Å². The van der Waals surface area contributed by atoms with Gasteiger partial charge < -0.3 is 4.74 Å². The average molecular weight is 369 g/mol. The van der Waals surface area contributed by atoms with Crippen molar-refractivity contribution in [1.82, 2.24) is 10.4 Å². The second kappa shape index (κ2) is 6.32. The lowest BCUT2D eigenvalue weighted by Gasteiger charge is -2.17. The number of nitrogens with two attached hydrogens (primary N) is 1. The number of hydrogen-bond acceptors (Lipinski definition) is 4. The Hall–Kier alpha value is -1.14. The largest absolute Gasteiger partial charge is 0.493 e. The number of nitrogens with zero attached hydrogens (tertiary/aromatic N) is 1. The van der Waals surface area contributed by atoms with Gasteiger partial charge in [-0.3, -0.25) is 16.3 Å². The summed E-state index contributed by atoms with van der Waals surface area (Å²) in [4.78, 5) is 4.33. The van der Waals surface area contributed by atoms with E-state index in [1.165, 1.54) is 5.56 Å². The first-order chi connectivity index (χ1) is 10.2. The first-order valence-corrected chi connectivity index (χ1v) is 7.86. The first-order valence-electron chi connectivity index (χ1n) is 6.69. The molecule has 2 heterocycles. The third-order valence-electron chi connectivity index (χ3n) is 3.56. The van der Waals surface area contributed by atoms with Crippen molar-refractivity contribution in [3.05, 3.63) is 56.8 Å². The van der Waals surface area contributed by atoms with E-state index < -0.39 is 0 Å². The summed E-state index contributed by atoms with van der Waals surface area (Å²) in [6.07, 6.45) is 3.28. The maximum atomic E-state index is 5.88. The molecule has 1 aliphatic heterocycles. The number of pyridine rings is 1.